The lowest BCUT2D eigenvalue weighted by Gasteiger charge is -2.27. The highest BCUT2D eigenvalue weighted by Gasteiger charge is 2.29. The molecular weight excluding hydrogens is 212 g/mol. The highest BCUT2D eigenvalue weighted by molar-refractivity contribution is 5.97. The molecule has 17 heavy (non-hydrogen) atoms. The maximum atomic E-state index is 11.8. The minimum Gasteiger partial charge on any atom is -0.497 e. The van der Waals surface area contributed by atoms with Gasteiger partial charge in [0.15, 0.2) is 5.78 Å². The summed E-state index contributed by atoms with van der Waals surface area (Å²) in [6.45, 7) is 3.76. The van der Waals surface area contributed by atoms with E-state index in [4.69, 9.17) is 4.74 Å². The molecule has 1 aliphatic rings. The molecule has 90 valence electrons. The van der Waals surface area contributed by atoms with E-state index in [-0.39, 0.29) is 17.8 Å². The molecule has 0 aliphatic carbocycles. The molecule has 1 aromatic rings. The summed E-state index contributed by atoms with van der Waals surface area (Å²) in [7, 11) is 0. The Balaban J connectivity index is 1.95. The second kappa shape index (κ2) is 5.17. The predicted octanol–water partition coefficient (Wildman–Crippen LogP) is 3.13. The second-order valence-electron chi connectivity index (χ2n) is 4.65. The van der Waals surface area contributed by atoms with Crippen molar-refractivity contribution in [2.75, 3.05) is 0 Å². The molecule has 2 heteroatoms. The number of Topliss-reactive ketones (excluding diaryl/α,β-unsaturated/α-hetero) is 1. The average molecular weight is 230 g/mol. The van der Waals surface area contributed by atoms with Gasteiger partial charge in [-0.1, -0.05) is 37.3 Å². The van der Waals surface area contributed by atoms with Crippen molar-refractivity contribution in [2.24, 2.45) is 5.92 Å². The fourth-order valence-electron chi connectivity index (χ4n) is 2.16. The molecule has 1 aliphatic heterocycles. The van der Waals surface area contributed by atoms with Gasteiger partial charge in [-0.05, 0) is 25.3 Å². The largest absolute Gasteiger partial charge is 0.497 e. The van der Waals surface area contributed by atoms with Crippen LogP contribution in [0.2, 0.25) is 0 Å². The van der Waals surface area contributed by atoms with Crippen LogP contribution in [-0.4, -0.2) is 11.9 Å². The number of hydrogen-bond donors (Lipinski definition) is 0. The summed E-state index contributed by atoms with van der Waals surface area (Å²) in [6.07, 6.45) is 3.47. The summed E-state index contributed by atoms with van der Waals surface area (Å²) in [6, 6.07) is 10.3. The quantitative estimate of drug-likeness (QED) is 0.797. The van der Waals surface area contributed by atoms with Gasteiger partial charge in [0.25, 0.3) is 0 Å². The van der Waals surface area contributed by atoms with E-state index in [0.29, 0.717) is 0 Å². The predicted molar refractivity (Wildman–Crippen MR) is 67.6 cm³/mol. The number of carbonyl (C=O) groups excluding carboxylic acids is 1. The summed E-state index contributed by atoms with van der Waals surface area (Å²) in [5.41, 5.74) is 2.02. The molecule has 2 unspecified atom stereocenters. The molecule has 0 saturated heterocycles. The third-order valence-corrected chi connectivity index (χ3v) is 3.34. The number of benzene rings is 1. The number of aryl methyl sites for hydroxylation is 1. The topological polar surface area (TPSA) is 26.3 Å². The van der Waals surface area contributed by atoms with Crippen molar-refractivity contribution in [3.8, 4) is 0 Å². The molecule has 0 spiro atoms. The molecule has 0 N–H and O–H groups in total. The van der Waals surface area contributed by atoms with E-state index in [1.54, 1.807) is 6.26 Å². The van der Waals surface area contributed by atoms with Gasteiger partial charge in [-0.2, -0.15) is 0 Å². The van der Waals surface area contributed by atoms with Crippen LogP contribution in [0.3, 0.4) is 0 Å². The highest BCUT2D eigenvalue weighted by Crippen LogP contribution is 2.23. The Bertz CT molecular complexity index is 420. The monoisotopic (exact) mass is 230 g/mol. The molecule has 1 aromatic carbocycles. The molecule has 0 saturated carbocycles. The van der Waals surface area contributed by atoms with Crippen LogP contribution in [0.25, 0.3) is 0 Å². The molecule has 2 atom stereocenters. The zero-order valence-corrected chi connectivity index (χ0v) is 10.3. The summed E-state index contributed by atoms with van der Waals surface area (Å²) >= 11 is 0. The maximum absolute atomic E-state index is 11.8. The lowest BCUT2D eigenvalue weighted by molar-refractivity contribution is -0.124. The van der Waals surface area contributed by atoms with Gasteiger partial charge in [-0.25, -0.2) is 0 Å². The molecule has 1 heterocycles. The number of ketones is 1. The Morgan fingerprint density at radius 3 is 2.65 bits per heavy atom. The van der Waals surface area contributed by atoms with Crippen molar-refractivity contribution in [1.82, 2.24) is 0 Å². The van der Waals surface area contributed by atoms with Crippen LogP contribution in [-0.2, 0) is 16.0 Å². The van der Waals surface area contributed by atoms with Crippen molar-refractivity contribution in [3.63, 3.8) is 0 Å². The van der Waals surface area contributed by atoms with Crippen LogP contribution in [0.5, 0.6) is 0 Å². The minimum atomic E-state index is -0.0243. The lowest BCUT2D eigenvalue weighted by Crippen LogP contribution is -2.32. The second-order valence-corrected chi connectivity index (χ2v) is 4.65. The van der Waals surface area contributed by atoms with Gasteiger partial charge < -0.3 is 4.74 Å². The van der Waals surface area contributed by atoms with Gasteiger partial charge in [-0.15, -0.1) is 0 Å². The summed E-state index contributed by atoms with van der Waals surface area (Å²) in [5.74, 6) is 0.193. The molecular formula is C15H18O2. The van der Waals surface area contributed by atoms with Gasteiger partial charge in [0.05, 0.1) is 12.2 Å². The van der Waals surface area contributed by atoms with Crippen LogP contribution in [0.1, 0.15) is 25.8 Å². The fraction of sp³-hybridized carbons (Fsp3) is 0.400. The van der Waals surface area contributed by atoms with E-state index in [2.05, 4.69) is 12.1 Å². The molecule has 0 fully saturated rings. The Morgan fingerprint density at radius 2 is 1.94 bits per heavy atom. The molecule has 0 aromatic heterocycles. The van der Waals surface area contributed by atoms with E-state index in [1.807, 2.05) is 32.0 Å². The highest BCUT2D eigenvalue weighted by atomic mass is 16.5. The third-order valence-electron chi connectivity index (χ3n) is 3.34. The summed E-state index contributed by atoms with van der Waals surface area (Å²) in [4.78, 5) is 11.8. The van der Waals surface area contributed by atoms with Crippen molar-refractivity contribution >= 4 is 5.78 Å². The van der Waals surface area contributed by atoms with Gasteiger partial charge in [0.1, 0.15) is 6.10 Å². The molecule has 0 bridgehead atoms. The van der Waals surface area contributed by atoms with Crippen LogP contribution in [0.4, 0.5) is 0 Å². The first kappa shape index (κ1) is 11.9. The van der Waals surface area contributed by atoms with Gasteiger partial charge in [0.2, 0.25) is 0 Å². The fourth-order valence-corrected chi connectivity index (χ4v) is 2.16. The zero-order valence-electron chi connectivity index (χ0n) is 10.3. The number of rotatable bonds is 3. The Kier molecular flexibility index (Phi) is 3.62. The number of carbonyl (C=O) groups is 1. The maximum Gasteiger partial charge on any atom is 0.168 e. The van der Waals surface area contributed by atoms with E-state index in [0.717, 1.165) is 18.4 Å². The van der Waals surface area contributed by atoms with Crippen molar-refractivity contribution in [3.05, 3.63) is 47.7 Å². The third kappa shape index (κ3) is 2.76. The summed E-state index contributed by atoms with van der Waals surface area (Å²) in [5, 5.41) is 0. The standard InChI is InChI=1S/C15H18O2/c1-11-10-17-14(12(2)15(11)16)9-8-13-6-4-3-5-7-13/h3-7,10,12,14H,8-9H2,1-2H3. The van der Waals surface area contributed by atoms with Gasteiger partial charge in [0, 0.05) is 5.57 Å². The Morgan fingerprint density at radius 1 is 1.24 bits per heavy atom. The molecule has 2 rings (SSSR count). The number of hydrogen-bond acceptors (Lipinski definition) is 2. The van der Waals surface area contributed by atoms with Crippen molar-refractivity contribution in [2.45, 2.75) is 32.8 Å². The average Bonchev–Trinajstić information content (AvgIpc) is 2.36. The molecule has 2 nitrogen and oxygen atoms in total. The summed E-state index contributed by atoms with van der Waals surface area (Å²) < 4.78 is 5.61. The number of allylic oxidation sites excluding steroid dienone is 1. The van der Waals surface area contributed by atoms with E-state index < -0.39 is 0 Å². The van der Waals surface area contributed by atoms with Gasteiger partial charge in [-0.3, -0.25) is 4.79 Å². The van der Waals surface area contributed by atoms with Crippen molar-refractivity contribution < 1.29 is 9.53 Å². The Labute approximate surface area is 102 Å². The minimum absolute atomic E-state index is 0.0198. The van der Waals surface area contributed by atoms with E-state index in [9.17, 15) is 4.79 Å². The van der Waals surface area contributed by atoms with Gasteiger partial charge >= 0.3 is 0 Å². The number of ether oxygens (including phenoxy) is 1. The Hall–Kier alpha value is -1.57. The lowest BCUT2D eigenvalue weighted by atomic mass is 9.90. The normalized spacial score (nSPS) is 24.1. The first-order chi connectivity index (χ1) is 8.18. The van der Waals surface area contributed by atoms with Crippen LogP contribution in [0.15, 0.2) is 42.2 Å². The smallest absolute Gasteiger partial charge is 0.168 e. The SMILES string of the molecule is CC1=COC(CCc2ccccc2)C(C)C1=O. The zero-order chi connectivity index (χ0) is 12.3. The molecule has 0 amide bonds. The van der Waals surface area contributed by atoms with Crippen LogP contribution in [0, 0.1) is 5.92 Å². The van der Waals surface area contributed by atoms with E-state index >= 15 is 0 Å². The first-order valence-corrected chi connectivity index (χ1v) is 6.09. The van der Waals surface area contributed by atoms with Crippen LogP contribution >= 0.6 is 0 Å². The molecule has 0 radical (unpaired) electrons. The van der Waals surface area contributed by atoms with E-state index in [1.165, 1.54) is 5.56 Å². The van der Waals surface area contributed by atoms with Crippen LogP contribution < -0.4 is 0 Å². The first-order valence-electron chi connectivity index (χ1n) is 6.09. The van der Waals surface area contributed by atoms with Crippen molar-refractivity contribution in [1.29, 1.82) is 0 Å².